The third kappa shape index (κ3) is 38.5. The van der Waals surface area contributed by atoms with Crippen LogP contribution in [-0.2, 0) is 23.8 Å². The predicted molar refractivity (Wildman–Crippen MR) is 301 cm³/mol. The molecule has 1 aliphatic rings. The van der Waals surface area contributed by atoms with Crippen LogP contribution in [-0.4, -0.2) is 99.6 Å². The van der Waals surface area contributed by atoms with Gasteiger partial charge in [0.2, 0.25) is 5.91 Å². The van der Waals surface area contributed by atoms with Crippen molar-refractivity contribution in [3.05, 3.63) is 60.8 Å². The van der Waals surface area contributed by atoms with Gasteiger partial charge in [0, 0.05) is 6.42 Å². The Balaban J connectivity index is 2.73. The van der Waals surface area contributed by atoms with Gasteiger partial charge in [-0.15, -0.1) is 0 Å². The average Bonchev–Trinajstić information content (AvgIpc) is 3.39. The van der Waals surface area contributed by atoms with E-state index in [-0.39, 0.29) is 13.0 Å². The predicted octanol–water partition coefficient (Wildman–Crippen LogP) is 13.8. The molecule has 0 spiro atoms. The number of rotatable bonds is 50. The van der Waals surface area contributed by atoms with E-state index in [0.29, 0.717) is 19.3 Å². The van der Waals surface area contributed by atoms with Crippen LogP contribution in [0.15, 0.2) is 60.8 Å². The molecule has 8 atom stereocenters. The third-order valence-corrected chi connectivity index (χ3v) is 14.0. The number of aliphatic hydroxyl groups excluding tert-OH is 5. The Hall–Kier alpha value is -2.64. The van der Waals surface area contributed by atoms with Crippen molar-refractivity contribution in [1.82, 2.24) is 5.32 Å². The smallest absolute Gasteiger partial charge is 0.306 e. The second-order valence-corrected chi connectivity index (χ2v) is 20.8. The average molecular weight is 1030 g/mol. The lowest BCUT2D eigenvalue weighted by atomic mass is 9.99. The molecular weight excluding hydrogens is 919 g/mol. The SMILES string of the molecule is CC/C=C/C=C/C=C/C=C\CCCCCCCC(=O)OC1C(OCC(NC(=O)C(O)CCCCCCCCCCCCCCCCCC)C(O)/C=C/CCCCCCCCCCCCC)OC(CO)C(O)C1O. The van der Waals surface area contributed by atoms with E-state index in [1.54, 1.807) is 6.08 Å². The highest BCUT2D eigenvalue weighted by Crippen LogP contribution is 2.26. The topological polar surface area (TPSA) is 175 Å². The molecule has 8 unspecified atom stereocenters. The zero-order valence-electron chi connectivity index (χ0n) is 46.7. The Morgan fingerprint density at radius 2 is 0.986 bits per heavy atom. The molecule has 1 rings (SSSR count). The molecule has 0 bridgehead atoms. The molecule has 0 aromatic carbocycles. The van der Waals surface area contributed by atoms with Crippen LogP contribution in [0.4, 0.5) is 0 Å². The molecule has 0 aliphatic carbocycles. The van der Waals surface area contributed by atoms with Crippen LogP contribution in [0, 0.1) is 0 Å². The maximum Gasteiger partial charge on any atom is 0.306 e. The van der Waals surface area contributed by atoms with Gasteiger partial charge in [-0.2, -0.15) is 0 Å². The fourth-order valence-electron chi connectivity index (χ4n) is 9.25. The van der Waals surface area contributed by atoms with Crippen molar-refractivity contribution in [2.24, 2.45) is 0 Å². The number of amides is 1. The van der Waals surface area contributed by atoms with Gasteiger partial charge in [-0.05, 0) is 44.9 Å². The molecule has 11 nitrogen and oxygen atoms in total. The standard InChI is InChI=1S/C62H111NO10/c1-4-7-10-13-16-19-22-25-27-29-31-34-37-40-43-46-49-55(66)61(70)63-53(54(65)48-45-42-39-36-33-30-24-21-18-15-12-9-6-3)52-71-62-60(59(69)58(68)56(51-64)72-62)73-57(67)50-47-44-41-38-35-32-28-26-23-20-17-14-11-8-5-2/h8,11,14,17,20,23,26,28,45,48,53-56,58-60,62,64-66,68-69H,4-7,9-10,12-13,15-16,18-19,21-22,24-25,27,29-44,46-47,49-52H2,1-3H3,(H,63,70)/b11-8+,17-14+,23-20+,28-26-,48-45+. The quantitative estimate of drug-likeness (QED) is 0.0149. The Morgan fingerprint density at radius 1 is 0.548 bits per heavy atom. The van der Waals surface area contributed by atoms with Gasteiger partial charge in [0.05, 0.1) is 25.4 Å². The number of carbonyl (C=O) groups excluding carboxylic acids is 2. The lowest BCUT2D eigenvalue weighted by molar-refractivity contribution is -0.305. The highest BCUT2D eigenvalue weighted by molar-refractivity contribution is 5.80. The Bertz CT molecular complexity index is 1420. The normalized spacial score (nSPS) is 19.8. The van der Waals surface area contributed by atoms with E-state index >= 15 is 0 Å². The minimum absolute atomic E-state index is 0.0970. The van der Waals surface area contributed by atoms with E-state index in [2.05, 4.69) is 38.2 Å². The largest absolute Gasteiger partial charge is 0.454 e. The van der Waals surface area contributed by atoms with Gasteiger partial charge in [-0.25, -0.2) is 0 Å². The van der Waals surface area contributed by atoms with Crippen molar-refractivity contribution in [1.29, 1.82) is 0 Å². The van der Waals surface area contributed by atoms with Gasteiger partial charge in [-0.1, -0.05) is 268 Å². The van der Waals surface area contributed by atoms with Crippen LogP contribution in [0.2, 0.25) is 0 Å². The van der Waals surface area contributed by atoms with Crippen LogP contribution in [0.3, 0.4) is 0 Å². The zero-order chi connectivity index (χ0) is 53.3. The molecule has 0 aromatic heterocycles. The van der Waals surface area contributed by atoms with E-state index in [9.17, 15) is 35.1 Å². The zero-order valence-corrected chi connectivity index (χ0v) is 46.7. The summed E-state index contributed by atoms with van der Waals surface area (Å²) >= 11 is 0. The summed E-state index contributed by atoms with van der Waals surface area (Å²) in [5, 5.41) is 56.9. The van der Waals surface area contributed by atoms with Crippen LogP contribution >= 0.6 is 0 Å². The maximum atomic E-state index is 13.4. The van der Waals surface area contributed by atoms with Gasteiger partial charge >= 0.3 is 5.97 Å². The lowest BCUT2D eigenvalue weighted by Crippen LogP contribution is -2.61. The van der Waals surface area contributed by atoms with E-state index in [4.69, 9.17) is 14.2 Å². The van der Waals surface area contributed by atoms with Crippen molar-refractivity contribution in [3.8, 4) is 0 Å². The molecule has 1 saturated heterocycles. The van der Waals surface area contributed by atoms with Crippen LogP contribution < -0.4 is 5.32 Å². The number of aliphatic hydroxyl groups is 5. The molecule has 1 amide bonds. The van der Waals surface area contributed by atoms with Crippen LogP contribution in [0.5, 0.6) is 0 Å². The summed E-state index contributed by atoms with van der Waals surface area (Å²) in [6, 6.07) is -1.03. The molecule has 1 fully saturated rings. The lowest BCUT2D eigenvalue weighted by Gasteiger charge is -2.41. The summed E-state index contributed by atoms with van der Waals surface area (Å²) in [7, 11) is 0. The van der Waals surface area contributed by atoms with Crippen molar-refractivity contribution in [3.63, 3.8) is 0 Å². The summed E-state index contributed by atoms with van der Waals surface area (Å²) in [4.78, 5) is 26.5. The summed E-state index contributed by atoms with van der Waals surface area (Å²) in [6.45, 7) is 5.65. The number of hydrogen-bond acceptors (Lipinski definition) is 10. The van der Waals surface area contributed by atoms with Crippen LogP contribution in [0.1, 0.15) is 258 Å². The van der Waals surface area contributed by atoms with Gasteiger partial charge in [0.25, 0.3) is 0 Å². The van der Waals surface area contributed by atoms with E-state index < -0.39 is 67.4 Å². The van der Waals surface area contributed by atoms with Crippen molar-refractivity contribution >= 4 is 11.9 Å². The van der Waals surface area contributed by atoms with Gasteiger partial charge in [0.15, 0.2) is 12.4 Å². The summed E-state index contributed by atoms with van der Waals surface area (Å²) in [5.74, 6) is -1.21. The Labute approximate surface area is 446 Å². The Kier molecular flexibility index (Phi) is 47.0. The van der Waals surface area contributed by atoms with E-state index in [1.807, 2.05) is 42.5 Å². The first-order chi connectivity index (χ1) is 35.7. The van der Waals surface area contributed by atoms with Crippen LogP contribution in [0.25, 0.3) is 0 Å². The summed E-state index contributed by atoms with van der Waals surface area (Å²) in [5.41, 5.74) is 0. The van der Waals surface area contributed by atoms with E-state index in [1.165, 1.54) is 135 Å². The monoisotopic (exact) mass is 1030 g/mol. The molecule has 1 aliphatic heterocycles. The molecular formula is C62H111NO10. The fraction of sp³-hybridized carbons (Fsp3) is 0.806. The summed E-state index contributed by atoms with van der Waals surface area (Å²) < 4.78 is 17.6. The van der Waals surface area contributed by atoms with Crippen molar-refractivity contribution in [2.75, 3.05) is 13.2 Å². The highest BCUT2D eigenvalue weighted by Gasteiger charge is 2.47. The number of carbonyl (C=O) groups is 2. The number of hydrogen-bond donors (Lipinski definition) is 6. The maximum absolute atomic E-state index is 13.4. The fourth-order valence-corrected chi connectivity index (χ4v) is 9.25. The molecule has 424 valence electrons. The third-order valence-electron chi connectivity index (χ3n) is 14.0. The van der Waals surface area contributed by atoms with Gasteiger partial charge in [0.1, 0.15) is 24.4 Å². The molecule has 0 saturated carbocycles. The second-order valence-electron chi connectivity index (χ2n) is 20.8. The van der Waals surface area contributed by atoms with Gasteiger partial charge in [-0.3, -0.25) is 9.59 Å². The first-order valence-corrected chi connectivity index (χ1v) is 30.1. The molecule has 1 heterocycles. The second kappa shape index (κ2) is 50.2. The minimum atomic E-state index is -1.62. The molecule has 0 radical (unpaired) electrons. The highest BCUT2D eigenvalue weighted by atomic mass is 16.7. The van der Waals surface area contributed by atoms with Crippen molar-refractivity contribution < 1.29 is 49.3 Å². The molecule has 11 heteroatoms. The first kappa shape index (κ1) is 68.4. The number of esters is 1. The van der Waals surface area contributed by atoms with Gasteiger partial charge < -0.3 is 45.1 Å². The molecule has 0 aromatic rings. The van der Waals surface area contributed by atoms with E-state index in [0.717, 1.165) is 77.0 Å². The molecule has 6 N–H and O–H groups in total. The summed E-state index contributed by atoms with van der Waals surface area (Å²) in [6.07, 6.45) is 51.1. The first-order valence-electron chi connectivity index (χ1n) is 30.1. The number of allylic oxidation sites excluding steroid dienone is 9. The number of ether oxygens (including phenoxy) is 3. The minimum Gasteiger partial charge on any atom is -0.454 e. The number of unbranched alkanes of at least 4 members (excludes halogenated alkanes) is 31. The Morgan fingerprint density at radius 3 is 1.48 bits per heavy atom. The molecule has 73 heavy (non-hydrogen) atoms. The number of nitrogens with one attached hydrogen (secondary N) is 1. The van der Waals surface area contributed by atoms with Crippen molar-refractivity contribution in [2.45, 2.75) is 307 Å².